The second-order valence-electron chi connectivity index (χ2n) is 6.22. The molecule has 28 heavy (non-hydrogen) atoms. The smallest absolute Gasteiger partial charge is 0.320 e. The lowest BCUT2D eigenvalue weighted by atomic mass is 9.91. The van der Waals surface area contributed by atoms with Gasteiger partial charge in [-0.25, -0.2) is 4.39 Å². The van der Waals surface area contributed by atoms with E-state index in [4.69, 9.17) is 10.5 Å². The highest BCUT2D eigenvalue weighted by atomic mass is 32.2. The van der Waals surface area contributed by atoms with E-state index in [2.05, 4.69) is 0 Å². The van der Waals surface area contributed by atoms with Crippen molar-refractivity contribution in [1.29, 1.82) is 0 Å². The van der Waals surface area contributed by atoms with E-state index >= 15 is 0 Å². The molecule has 0 fully saturated rings. The monoisotopic (exact) mass is 403 g/mol. The van der Waals surface area contributed by atoms with Gasteiger partial charge < -0.3 is 10.5 Å². The van der Waals surface area contributed by atoms with Gasteiger partial charge in [0, 0.05) is 18.6 Å². The summed E-state index contributed by atoms with van der Waals surface area (Å²) >= 11 is 1.01. The third kappa shape index (κ3) is 6.58. The van der Waals surface area contributed by atoms with Gasteiger partial charge in [0.25, 0.3) is 0 Å². The van der Waals surface area contributed by atoms with Gasteiger partial charge >= 0.3 is 5.97 Å². The molecular formula is C21H22FNO4S. The third-order valence-corrected chi connectivity index (χ3v) is 5.01. The van der Waals surface area contributed by atoms with E-state index in [1.165, 1.54) is 19.1 Å². The van der Waals surface area contributed by atoms with E-state index < -0.39 is 23.8 Å². The maximum atomic E-state index is 13.5. The zero-order valence-electron chi connectivity index (χ0n) is 15.5. The fourth-order valence-electron chi connectivity index (χ4n) is 2.72. The summed E-state index contributed by atoms with van der Waals surface area (Å²) in [6.45, 7) is 1.06. The summed E-state index contributed by atoms with van der Waals surface area (Å²) in [5, 5.41) is -0.132. The molecule has 0 saturated carbocycles. The summed E-state index contributed by atoms with van der Waals surface area (Å²) in [6, 6.07) is 14.6. The Bertz CT molecular complexity index is 828. The number of Topliss-reactive ketones (excluding diaryl/α,β-unsaturated/α-hetero) is 1. The Morgan fingerprint density at radius 1 is 1.11 bits per heavy atom. The van der Waals surface area contributed by atoms with E-state index in [-0.39, 0.29) is 29.6 Å². The van der Waals surface area contributed by atoms with Gasteiger partial charge in [0.2, 0.25) is 0 Å². The Balaban J connectivity index is 2.31. The number of nitrogens with two attached hydrogens (primary N) is 1. The van der Waals surface area contributed by atoms with Crippen LogP contribution >= 0.6 is 11.8 Å². The predicted molar refractivity (Wildman–Crippen MR) is 106 cm³/mol. The Morgan fingerprint density at radius 3 is 2.43 bits per heavy atom. The number of rotatable bonds is 9. The minimum absolute atomic E-state index is 0.132. The molecule has 0 amide bonds. The first-order valence-electron chi connectivity index (χ1n) is 8.76. The van der Waals surface area contributed by atoms with Gasteiger partial charge in [0.1, 0.15) is 5.82 Å². The quantitative estimate of drug-likeness (QED) is 0.648. The van der Waals surface area contributed by atoms with Crippen LogP contribution in [0.3, 0.4) is 0 Å². The normalized spacial score (nSPS) is 12.8. The summed E-state index contributed by atoms with van der Waals surface area (Å²) in [4.78, 5) is 36.5. The number of hydrogen-bond donors (Lipinski definition) is 1. The standard InChI is InChI=1S/C21H22FNO4S/c1-14(24)28-13-17(10-15-6-5-9-18(22)11-15)20(26)21(27-19(25)12-23)16-7-3-2-4-8-16/h2-9,11,17,21H,10,12-13,23H2,1H3. The van der Waals surface area contributed by atoms with Gasteiger partial charge in [0.05, 0.1) is 6.54 Å². The van der Waals surface area contributed by atoms with Crippen LogP contribution in [0.25, 0.3) is 0 Å². The fraction of sp³-hybridized carbons (Fsp3) is 0.286. The molecule has 2 rings (SSSR count). The van der Waals surface area contributed by atoms with Crippen molar-refractivity contribution >= 4 is 28.6 Å². The Hall–Kier alpha value is -2.51. The van der Waals surface area contributed by atoms with E-state index in [0.717, 1.165) is 11.8 Å². The molecule has 2 atom stereocenters. The van der Waals surface area contributed by atoms with Crippen LogP contribution in [0.15, 0.2) is 54.6 Å². The topological polar surface area (TPSA) is 86.5 Å². The maximum Gasteiger partial charge on any atom is 0.320 e. The average Bonchev–Trinajstić information content (AvgIpc) is 2.69. The van der Waals surface area contributed by atoms with Gasteiger partial charge in [-0.05, 0) is 29.7 Å². The molecule has 0 aromatic heterocycles. The Labute approximate surface area is 167 Å². The average molecular weight is 403 g/mol. The lowest BCUT2D eigenvalue weighted by molar-refractivity contribution is -0.155. The molecule has 0 aliphatic rings. The molecule has 0 radical (unpaired) electrons. The van der Waals surface area contributed by atoms with E-state index in [1.807, 2.05) is 0 Å². The molecule has 148 valence electrons. The molecule has 2 aromatic carbocycles. The zero-order valence-corrected chi connectivity index (χ0v) is 16.3. The van der Waals surface area contributed by atoms with Gasteiger partial charge in [0.15, 0.2) is 17.0 Å². The highest BCUT2D eigenvalue weighted by Crippen LogP contribution is 2.27. The van der Waals surface area contributed by atoms with Gasteiger partial charge in [-0.2, -0.15) is 0 Å². The second kappa shape index (κ2) is 10.7. The molecule has 0 heterocycles. The molecular weight excluding hydrogens is 381 g/mol. The number of benzene rings is 2. The summed E-state index contributed by atoms with van der Waals surface area (Å²) in [5.41, 5.74) is 6.48. The number of carbonyl (C=O) groups excluding carboxylic acids is 3. The maximum absolute atomic E-state index is 13.5. The van der Waals surface area contributed by atoms with Gasteiger partial charge in [-0.15, -0.1) is 0 Å². The lowest BCUT2D eigenvalue weighted by Crippen LogP contribution is -2.31. The summed E-state index contributed by atoms with van der Waals surface area (Å²) in [5.74, 6) is -1.91. The molecule has 0 aliphatic carbocycles. The van der Waals surface area contributed by atoms with Crippen molar-refractivity contribution in [3.63, 3.8) is 0 Å². The van der Waals surface area contributed by atoms with E-state index in [1.54, 1.807) is 42.5 Å². The first-order chi connectivity index (χ1) is 13.4. The molecule has 2 N–H and O–H groups in total. The van der Waals surface area contributed by atoms with Crippen LogP contribution < -0.4 is 5.73 Å². The minimum atomic E-state index is -1.14. The van der Waals surface area contributed by atoms with Crippen molar-refractivity contribution in [2.75, 3.05) is 12.3 Å². The molecule has 2 unspecified atom stereocenters. The highest BCUT2D eigenvalue weighted by Gasteiger charge is 2.31. The van der Waals surface area contributed by atoms with Crippen LogP contribution in [0.4, 0.5) is 4.39 Å². The Morgan fingerprint density at radius 2 is 1.82 bits per heavy atom. The van der Waals surface area contributed by atoms with Crippen molar-refractivity contribution in [2.45, 2.75) is 19.4 Å². The molecule has 0 saturated heterocycles. The first kappa shape index (κ1) is 21.8. The van der Waals surface area contributed by atoms with Crippen LogP contribution in [0.1, 0.15) is 24.2 Å². The van der Waals surface area contributed by atoms with Gasteiger partial charge in [-0.3, -0.25) is 14.4 Å². The number of thioether (sulfide) groups is 1. The predicted octanol–water partition coefficient (Wildman–Crippen LogP) is 3.08. The molecule has 2 aromatic rings. The fourth-order valence-corrected chi connectivity index (χ4v) is 3.44. The van der Waals surface area contributed by atoms with Crippen LogP contribution in [0.5, 0.6) is 0 Å². The van der Waals surface area contributed by atoms with Crippen molar-refractivity contribution in [3.8, 4) is 0 Å². The molecule has 5 nitrogen and oxygen atoms in total. The third-order valence-electron chi connectivity index (χ3n) is 4.04. The summed E-state index contributed by atoms with van der Waals surface area (Å²) in [6.07, 6.45) is -0.913. The number of ether oxygens (including phenoxy) is 1. The first-order valence-corrected chi connectivity index (χ1v) is 9.75. The van der Waals surface area contributed by atoms with Crippen molar-refractivity contribution in [1.82, 2.24) is 0 Å². The second-order valence-corrected chi connectivity index (χ2v) is 7.42. The number of halogens is 1. The van der Waals surface area contributed by atoms with E-state index in [0.29, 0.717) is 11.1 Å². The SMILES string of the molecule is CC(=O)SCC(Cc1cccc(F)c1)C(=O)C(OC(=O)CN)c1ccccc1. The largest absolute Gasteiger partial charge is 0.448 e. The molecule has 0 aliphatic heterocycles. The van der Waals surface area contributed by atoms with E-state index in [9.17, 15) is 18.8 Å². The van der Waals surface area contributed by atoms with Crippen LogP contribution in [0.2, 0.25) is 0 Å². The number of carbonyl (C=O) groups is 3. The molecule has 7 heteroatoms. The number of hydrogen-bond acceptors (Lipinski definition) is 6. The molecule has 0 bridgehead atoms. The summed E-state index contributed by atoms with van der Waals surface area (Å²) < 4.78 is 18.9. The van der Waals surface area contributed by atoms with Crippen LogP contribution in [-0.2, 0) is 25.5 Å². The number of ketones is 1. The summed E-state index contributed by atoms with van der Waals surface area (Å²) in [7, 11) is 0. The lowest BCUT2D eigenvalue weighted by Gasteiger charge is -2.23. The van der Waals surface area contributed by atoms with Crippen LogP contribution in [-0.4, -0.2) is 29.2 Å². The Kier molecular flexibility index (Phi) is 8.35. The zero-order chi connectivity index (χ0) is 20.5. The van der Waals surface area contributed by atoms with Crippen LogP contribution in [0, 0.1) is 11.7 Å². The van der Waals surface area contributed by atoms with Crippen molar-refractivity contribution < 1.29 is 23.5 Å². The number of esters is 1. The van der Waals surface area contributed by atoms with Crippen molar-refractivity contribution in [2.24, 2.45) is 11.7 Å². The minimum Gasteiger partial charge on any atom is -0.448 e. The van der Waals surface area contributed by atoms with Crippen molar-refractivity contribution in [3.05, 3.63) is 71.5 Å². The highest BCUT2D eigenvalue weighted by molar-refractivity contribution is 8.13. The van der Waals surface area contributed by atoms with Gasteiger partial charge in [-0.1, -0.05) is 54.2 Å². The molecule has 0 spiro atoms.